The Morgan fingerprint density at radius 3 is 3.19 bits per heavy atom. The quantitative estimate of drug-likeness (QED) is 0.784. The highest BCUT2D eigenvalue weighted by atomic mass is 32.1. The van der Waals surface area contributed by atoms with Crippen LogP contribution in [0.4, 0.5) is 0 Å². The van der Waals surface area contributed by atoms with E-state index in [2.05, 4.69) is 37.2 Å². The van der Waals surface area contributed by atoms with Gasteiger partial charge < -0.3 is 5.32 Å². The molecular formula is C14H21NS. The maximum absolute atomic E-state index is 4.15. The van der Waals surface area contributed by atoms with Crippen LogP contribution in [0.1, 0.15) is 43.0 Å². The zero-order valence-electron chi connectivity index (χ0n) is 10.3. The highest BCUT2D eigenvalue weighted by Gasteiger charge is 2.28. The van der Waals surface area contributed by atoms with Gasteiger partial charge in [0.1, 0.15) is 0 Å². The molecule has 0 radical (unpaired) electrons. The standard InChI is InChI=1S/C14H21NS/c1-4-15-14(10(2)3)12-6-5-7-13-11(12)8-9-16-13/h8-9,12,14-15H,2,4-7H2,1,3H3. The zero-order chi connectivity index (χ0) is 11.5. The smallest absolute Gasteiger partial charge is 0.0343 e. The lowest BCUT2D eigenvalue weighted by molar-refractivity contribution is 0.440. The van der Waals surface area contributed by atoms with Gasteiger partial charge in [-0.15, -0.1) is 11.3 Å². The number of rotatable bonds is 4. The van der Waals surface area contributed by atoms with Crippen molar-refractivity contribution < 1.29 is 0 Å². The van der Waals surface area contributed by atoms with Crippen LogP contribution >= 0.6 is 11.3 Å². The van der Waals surface area contributed by atoms with Gasteiger partial charge in [-0.05, 0) is 49.7 Å². The Kier molecular flexibility index (Phi) is 3.82. The molecule has 1 nitrogen and oxygen atoms in total. The monoisotopic (exact) mass is 235 g/mol. The van der Waals surface area contributed by atoms with Crippen molar-refractivity contribution in [1.82, 2.24) is 5.32 Å². The summed E-state index contributed by atoms with van der Waals surface area (Å²) in [5.74, 6) is 0.646. The van der Waals surface area contributed by atoms with E-state index in [1.54, 1.807) is 10.4 Å². The second-order valence-corrected chi connectivity index (χ2v) is 5.68. The fourth-order valence-corrected chi connectivity index (χ4v) is 3.74. The minimum atomic E-state index is 0.457. The Labute approximate surface area is 103 Å². The maximum Gasteiger partial charge on any atom is 0.0343 e. The molecule has 0 fully saturated rings. The number of hydrogen-bond donors (Lipinski definition) is 1. The first kappa shape index (κ1) is 11.9. The van der Waals surface area contributed by atoms with Gasteiger partial charge in [-0.3, -0.25) is 0 Å². The molecule has 2 unspecified atom stereocenters. The molecule has 1 aromatic rings. The van der Waals surface area contributed by atoms with Crippen LogP contribution < -0.4 is 5.32 Å². The minimum absolute atomic E-state index is 0.457. The normalized spacial score (nSPS) is 21.5. The predicted molar refractivity (Wildman–Crippen MR) is 72.3 cm³/mol. The molecule has 0 saturated carbocycles. The number of likely N-dealkylation sites (N-methyl/N-ethyl adjacent to an activating group) is 1. The first-order chi connectivity index (χ1) is 7.74. The topological polar surface area (TPSA) is 12.0 Å². The fraction of sp³-hybridized carbons (Fsp3) is 0.571. The highest BCUT2D eigenvalue weighted by Crippen LogP contribution is 2.38. The zero-order valence-corrected chi connectivity index (χ0v) is 11.1. The summed E-state index contributed by atoms with van der Waals surface area (Å²) in [4.78, 5) is 1.60. The van der Waals surface area contributed by atoms with Gasteiger partial charge in [0.05, 0.1) is 0 Å². The lowest BCUT2D eigenvalue weighted by atomic mass is 9.80. The van der Waals surface area contributed by atoms with Gasteiger partial charge in [0.2, 0.25) is 0 Å². The van der Waals surface area contributed by atoms with Gasteiger partial charge in [-0.1, -0.05) is 19.1 Å². The summed E-state index contributed by atoms with van der Waals surface area (Å²) >= 11 is 1.92. The Hall–Kier alpha value is -0.600. The molecule has 1 aromatic heterocycles. The van der Waals surface area contributed by atoms with Crippen LogP contribution in [0.5, 0.6) is 0 Å². The van der Waals surface area contributed by atoms with Crippen molar-refractivity contribution in [1.29, 1.82) is 0 Å². The summed E-state index contributed by atoms with van der Waals surface area (Å²) in [6.07, 6.45) is 3.90. The van der Waals surface area contributed by atoms with Crippen molar-refractivity contribution in [2.75, 3.05) is 6.54 Å². The largest absolute Gasteiger partial charge is 0.310 e. The van der Waals surface area contributed by atoms with Crippen LogP contribution in [0.2, 0.25) is 0 Å². The molecule has 0 saturated heterocycles. The van der Waals surface area contributed by atoms with E-state index in [4.69, 9.17) is 0 Å². The number of fused-ring (bicyclic) bond motifs is 1. The summed E-state index contributed by atoms with van der Waals surface area (Å²) in [6, 6.07) is 2.77. The van der Waals surface area contributed by atoms with E-state index in [1.807, 2.05) is 11.3 Å². The molecule has 1 N–H and O–H groups in total. The second kappa shape index (κ2) is 5.15. The van der Waals surface area contributed by atoms with Crippen LogP contribution in [0.3, 0.4) is 0 Å². The van der Waals surface area contributed by atoms with E-state index in [-0.39, 0.29) is 0 Å². The average Bonchev–Trinajstić information content (AvgIpc) is 2.73. The van der Waals surface area contributed by atoms with Crippen LogP contribution in [0.25, 0.3) is 0 Å². The summed E-state index contributed by atoms with van der Waals surface area (Å²) in [5.41, 5.74) is 2.84. The Bertz CT molecular complexity index is 367. The van der Waals surface area contributed by atoms with E-state index in [1.165, 1.54) is 24.8 Å². The Balaban J connectivity index is 2.24. The molecule has 2 atom stereocenters. The van der Waals surface area contributed by atoms with Crippen molar-refractivity contribution in [3.05, 3.63) is 34.0 Å². The van der Waals surface area contributed by atoms with Gasteiger partial charge in [-0.2, -0.15) is 0 Å². The van der Waals surface area contributed by atoms with E-state index < -0.39 is 0 Å². The number of aryl methyl sites for hydroxylation is 1. The highest BCUT2D eigenvalue weighted by molar-refractivity contribution is 7.10. The van der Waals surface area contributed by atoms with Gasteiger partial charge in [0.15, 0.2) is 0 Å². The first-order valence-electron chi connectivity index (χ1n) is 6.19. The summed E-state index contributed by atoms with van der Waals surface area (Å²) < 4.78 is 0. The number of nitrogens with one attached hydrogen (secondary N) is 1. The van der Waals surface area contributed by atoms with Crippen LogP contribution in [0, 0.1) is 0 Å². The lowest BCUT2D eigenvalue weighted by Crippen LogP contribution is -2.36. The molecule has 0 amide bonds. The van der Waals surface area contributed by atoms with Gasteiger partial charge in [0.25, 0.3) is 0 Å². The van der Waals surface area contributed by atoms with Gasteiger partial charge in [-0.25, -0.2) is 0 Å². The second-order valence-electron chi connectivity index (χ2n) is 4.68. The van der Waals surface area contributed by atoms with Crippen molar-refractivity contribution in [3.63, 3.8) is 0 Å². The third-order valence-corrected chi connectivity index (χ3v) is 4.45. The van der Waals surface area contributed by atoms with Crippen LogP contribution in [-0.2, 0) is 6.42 Å². The van der Waals surface area contributed by atoms with Crippen molar-refractivity contribution in [2.45, 2.75) is 45.1 Å². The summed E-state index contributed by atoms with van der Waals surface area (Å²) in [6.45, 7) is 9.49. The Morgan fingerprint density at radius 2 is 2.50 bits per heavy atom. The summed E-state index contributed by atoms with van der Waals surface area (Å²) in [5, 5.41) is 5.83. The van der Waals surface area contributed by atoms with Gasteiger partial charge >= 0.3 is 0 Å². The van der Waals surface area contributed by atoms with Crippen molar-refractivity contribution in [2.24, 2.45) is 0 Å². The molecule has 0 bridgehead atoms. The maximum atomic E-state index is 4.15. The van der Waals surface area contributed by atoms with E-state index in [0.29, 0.717) is 12.0 Å². The molecular weight excluding hydrogens is 214 g/mol. The van der Waals surface area contributed by atoms with Crippen molar-refractivity contribution >= 4 is 11.3 Å². The average molecular weight is 235 g/mol. The number of thiophene rings is 1. The Morgan fingerprint density at radius 1 is 1.69 bits per heavy atom. The molecule has 16 heavy (non-hydrogen) atoms. The molecule has 1 heterocycles. The molecule has 0 spiro atoms. The molecule has 0 aliphatic heterocycles. The predicted octanol–water partition coefficient (Wildman–Crippen LogP) is 3.72. The fourth-order valence-electron chi connectivity index (χ4n) is 2.75. The first-order valence-corrected chi connectivity index (χ1v) is 7.07. The molecule has 0 aromatic carbocycles. The number of hydrogen-bond acceptors (Lipinski definition) is 2. The minimum Gasteiger partial charge on any atom is -0.310 e. The molecule has 88 valence electrons. The third-order valence-electron chi connectivity index (χ3n) is 3.46. The SMILES string of the molecule is C=C(C)C(NCC)C1CCCc2sccc21. The molecule has 1 aliphatic rings. The van der Waals surface area contributed by atoms with E-state index >= 15 is 0 Å². The van der Waals surface area contributed by atoms with E-state index in [0.717, 1.165) is 6.54 Å². The molecule has 2 heteroatoms. The van der Waals surface area contributed by atoms with Crippen molar-refractivity contribution in [3.8, 4) is 0 Å². The third kappa shape index (κ3) is 2.23. The molecule has 1 aliphatic carbocycles. The summed E-state index contributed by atoms with van der Waals surface area (Å²) in [7, 11) is 0. The van der Waals surface area contributed by atoms with E-state index in [9.17, 15) is 0 Å². The molecule has 2 rings (SSSR count). The van der Waals surface area contributed by atoms with Crippen LogP contribution in [0.15, 0.2) is 23.6 Å². The van der Waals surface area contributed by atoms with Gasteiger partial charge in [0, 0.05) is 16.8 Å². The lowest BCUT2D eigenvalue weighted by Gasteiger charge is -2.31. The van der Waals surface area contributed by atoms with Crippen LogP contribution in [-0.4, -0.2) is 12.6 Å².